The number of aromatic nitrogens is 2. The van der Waals surface area contributed by atoms with Crippen LogP contribution in [-0.4, -0.2) is 16.9 Å². The van der Waals surface area contributed by atoms with Gasteiger partial charge in [0.2, 0.25) is 0 Å². The van der Waals surface area contributed by atoms with Crippen LogP contribution in [0.15, 0.2) is 30.5 Å². The summed E-state index contributed by atoms with van der Waals surface area (Å²) >= 11 is 0. The van der Waals surface area contributed by atoms with Crippen LogP contribution < -0.4 is 5.32 Å². The van der Waals surface area contributed by atoms with Crippen molar-refractivity contribution in [1.29, 1.82) is 0 Å². The van der Waals surface area contributed by atoms with Gasteiger partial charge in [-0.3, -0.25) is 4.68 Å². The van der Waals surface area contributed by atoms with Gasteiger partial charge in [-0.25, -0.2) is 0 Å². The molecule has 0 spiro atoms. The predicted molar refractivity (Wildman–Crippen MR) is 75.6 cm³/mol. The standard InChI is InChI=1S/C15H21N3O/c1-12-15(10-18(2)17-12)9-16-8-13-6-4-5-7-14(13)11-19-3/h4-7,10,16H,8-9,11H2,1-3H3. The topological polar surface area (TPSA) is 39.1 Å². The van der Waals surface area contributed by atoms with E-state index in [1.807, 2.05) is 24.7 Å². The number of rotatable bonds is 6. The van der Waals surface area contributed by atoms with Crippen molar-refractivity contribution in [3.8, 4) is 0 Å². The first kappa shape index (κ1) is 13.8. The summed E-state index contributed by atoms with van der Waals surface area (Å²) in [4.78, 5) is 0. The van der Waals surface area contributed by atoms with E-state index >= 15 is 0 Å². The van der Waals surface area contributed by atoms with Crippen LogP contribution in [0, 0.1) is 6.92 Å². The Kier molecular flexibility index (Phi) is 4.71. The second-order valence-electron chi connectivity index (χ2n) is 4.72. The van der Waals surface area contributed by atoms with Crippen molar-refractivity contribution in [2.45, 2.75) is 26.6 Å². The molecule has 0 aliphatic heterocycles. The van der Waals surface area contributed by atoms with Gasteiger partial charge in [-0.05, 0) is 18.1 Å². The number of benzene rings is 1. The smallest absolute Gasteiger partial charge is 0.0716 e. The quantitative estimate of drug-likeness (QED) is 0.864. The Balaban J connectivity index is 1.94. The zero-order valence-electron chi connectivity index (χ0n) is 11.8. The Morgan fingerprint density at radius 1 is 1.16 bits per heavy atom. The van der Waals surface area contributed by atoms with Gasteiger partial charge in [-0.2, -0.15) is 5.10 Å². The molecule has 0 bridgehead atoms. The highest BCUT2D eigenvalue weighted by molar-refractivity contribution is 5.26. The molecule has 0 saturated heterocycles. The van der Waals surface area contributed by atoms with E-state index in [0.29, 0.717) is 6.61 Å². The van der Waals surface area contributed by atoms with Gasteiger partial charge in [-0.15, -0.1) is 0 Å². The number of hydrogen-bond acceptors (Lipinski definition) is 3. The molecule has 4 heteroatoms. The summed E-state index contributed by atoms with van der Waals surface area (Å²) in [5, 5.41) is 7.80. The summed E-state index contributed by atoms with van der Waals surface area (Å²) in [5.41, 5.74) is 4.85. The molecule has 1 heterocycles. The van der Waals surface area contributed by atoms with E-state index in [1.165, 1.54) is 16.7 Å². The number of hydrogen-bond donors (Lipinski definition) is 1. The average Bonchev–Trinajstić information content (AvgIpc) is 2.70. The van der Waals surface area contributed by atoms with E-state index in [9.17, 15) is 0 Å². The number of nitrogens with one attached hydrogen (secondary N) is 1. The van der Waals surface area contributed by atoms with Crippen LogP contribution in [-0.2, 0) is 31.5 Å². The average molecular weight is 259 g/mol. The van der Waals surface area contributed by atoms with Gasteiger partial charge < -0.3 is 10.1 Å². The van der Waals surface area contributed by atoms with Crippen molar-refractivity contribution in [2.24, 2.45) is 7.05 Å². The van der Waals surface area contributed by atoms with Gasteiger partial charge in [0.25, 0.3) is 0 Å². The summed E-state index contributed by atoms with van der Waals surface area (Å²) in [6.45, 7) is 4.37. The van der Waals surface area contributed by atoms with E-state index in [4.69, 9.17) is 4.74 Å². The molecule has 1 aromatic carbocycles. The first-order valence-electron chi connectivity index (χ1n) is 6.46. The fourth-order valence-electron chi connectivity index (χ4n) is 2.18. The van der Waals surface area contributed by atoms with Crippen molar-refractivity contribution < 1.29 is 4.74 Å². The van der Waals surface area contributed by atoms with Crippen LogP contribution in [0.5, 0.6) is 0 Å². The van der Waals surface area contributed by atoms with Crippen LogP contribution >= 0.6 is 0 Å². The van der Waals surface area contributed by atoms with E-state index < -0.39 is 0 Å². The maximum Gasteiger partial charge on any atom is 0.0716 e. The van der Waals surface area contributed by atoms with E-state index in [2.05, 4.69) is 34.8 Å². The van der Waals surface area contributed by atoms with Crippen molar-refractivity contribution in [3.05, 3.63) is 52.8 Å². The van der Waals surface area contributed by atoms with E-state index in [-0.39, 0.29) is 0 Å². The highest BCUT2D eigenvalue weighted by Crippen LogP contribution is 2.10. The van der Waals surface area contributed by atoms with Crippen LogP contribution in [0.2, 0.25) is 0 Å². The van der Waals surface area contributed by atoms with Crippen molar-refractivity contribution in [3.63, 3.8) is 0 Å². The van der Waals surface area contributed by atoms with Crippen LogP contribution in [0.3, 0.4) is 0 Å². The van der Waals surface area contributed by atoms with Gasteiger partial charge in [0.05, 0.1) is 12.3 Å². The third-order valence-corrected chi connectivity index (χ3v) is 3.16. The molecular weight excluding hydrogens is 238 g/mol. The van der Waals surface area contributed by atoms with Gasteiger partial charge in [0.15, 0.2) is 0 Å². The maximum absolute atomic E-state index is 5.21. The molecule has 0 atom stereocenters. The highest BCUT2D eigenvalue weighted by atomic mass is 16.5. The highest BCUT2D eigenvalue weighted by Gasteiger charge is 2.04. The van der Waals surface area contributed by atoms with Gasteiger partial charge in [0, 0.05) is 39.0 Å². The van der Waals surface area contributed by atoms with Crippen molar-refractivity contribution in [2.75, 3.05) is 7.11 Å². The molecule has 2 rings (SSSR count). The Bertz CT molecular complexity index is 534. The number of nitrogens with zero attached hydrogens (tertiary/aromatic N) is 2. The summed E-state index contributed by atoms with van der Waals surface area (Å²) < 4.78 is 7.07. The summed E-state index contributed by atoms with van der Waals surface area (Å²) in [5.74, 6) is 0. The lowest BCUT2D eigenvalue weighted by atomic mass is 10.1. The van der Waals surface area contributed by atoms with Crippen LogP contribution in [0.25, 0.3) is 0 Å². The summed E-state index contributed by atoms with van der Waals surface area (Å²) in [6.07, 6.45) is 2.06. The third-order valence-electron chi connectivity index (χ3n) is 3.16. The fraction of sp³-hybridized carbons (Fsp3) is 0.400. The summed E-state index contributed by atoms with van der Waals surface area (Å²) in [7, 11) is 3.67. The zero-order chi connectivity index (χ0) is 13.7. The Hall–Kier alpha value is -1.65. The van der Waals surface area contributed by atoms with Gasteiger partial charge >= 0.3 is 0 Å². The third kappa shape index (κ3) is 3.66. The van der Waals surface area contributed by atoms with Gasteiger partial charge in [-0.1, -0.05) is 24.3 Å². The molecule has 102 valence electrons. The SMILES string of the molecule is COCc1ccccc1CNCc1cn(C)nc1C. The van der Waals surface area contributed by atoms with Crippen LogP contribution in [0.1, 0.15) is 22.4 Å². The molecule has 0 unspecified atom stereocenters. The molecule has 0 fully saturated rings. The lowest BCUT2D eigenvalue weighted by Gasteiger charge is -2.09. The Morgan fingerprint density at radius 2 is 1.84 bits per heavy atom. The van der Waals surface area contributed by atoms with E-state index in [1.54, 1.807) is 7.11 Å². The molecule has 1 aromatic heterocycles. The predicted octanol–water partition coefficient (Wildman–Crippen LogP) is 2.16. The monoisotopic (exact) mass is 259 g/mol. The first-order valence-corrected chi connectivity index (χ1v) is 6.46. The lowest BCUT2D eigenvalue weighted by molar-refractivity contribution is 0.184. The molecule has 0 amide bonds. The normalized spacial score (nSPS) is 10.9. The molecule has 2 aromatic rings. The molecule has 0 aliphatic carbocycles. The molecule has 19 heavy (non-hydrogen) atoms. The summed E-state index contributed by atoms with van der Waals surface area (Å²) in [6, 6.07) is 8.35. The zero-order valence-corrected chi connectivity index (χ0v) is 11.8. The Labute approximate surface area is 114 Å². The van der Waals surface area contributed by atoms with Crippen molar-refractivity contribution >= 4 is 0 Å². The number of methoxy groups -OCH3 is 1. The number of aryl methyl sites for hydroxylation is 2. The van der Waals surface area contributed by atoms with E-state index in [0.717, 1.165) is 18.8 Å². The fourth-order valence-corrected chi connectivity index (χ4v) is 2.18. The minimum atomic E-state index is 0.657. The molecule has 0 radical (unpaired) electrons. The minimum absolute atomic E-state index is 0.657. The van der Waals surface area contributed by atoms with Gasteiger partial charge in [0.1, 0.15) is 0 Å². The second kappa shape index (κ2) is 6.50. The number of ether oxygens (including phenoxy) is 1. The van der Waals surface area contributed by atoms with Crippen LogP contribution in [0.4, 0.5) is 0 Å². The first-order chi connectivity index (χ1) is 9.20. The molecular formula is C15H21N3O. The lowest BCUT2D eigenvalue weighted by Crippen LogP contribution is -2.14. The molecule has 4 nitrogen and oxygen atoms in total. The second-order valence-corrected chi connectivity index (χ2v) is 4.72. The molecule has 0 aliphatic rings. The Morgan fingerprint density at radius 3 is 2.47 bits per heavy atom. The maximum atomic E-state index is 5.21. The molecule has 0 saturated carbocycles. The largest absolute Gasteiger partial charge is 0.380 e. The van der Waals surface area contributed by atoms with Crippen molar-refractivity contribution in [1.82, 2.24) is 15.1 Å². The molecule has 1 N–H and O–H groups in total. The minimum Gasteiger partial charge on any atom is -0.380 e.